The molecule has 2 atom stereocenters. The Morgan fingerprint density at radius 3 is 2.51 bits per heavy atom. The average Bonchev–Trinajstić information content (AvgIpc) is 3.34. The summed E-state index contributed by atoms with van der Waals surface area (Å²) in [5.41, 5.74) is 6.88. The molecule has 2 aromatic carbocycles. The van der Waals surface area contributed by atoms with Gasteiger partial charge in [-0.3, -0.25) is 4.98 Å². The van der Waals surface area contributed by atoms with Gasteiger partial charge in [-0.2, -0.15) is 0 Å². The Bertz CT molecular complexity index is 1350. The fourth-order valence-electron chi connectivity index (χ4n) is 4.94. The summed E-state index contributed by atoms with van der Waals surface area (Å²) in [6.45, 7) is 5.03. The highest BCUT2D eigenvalue weighted by Crippen LogP contribution is 2.42. The molecule has 0 radical (unpaired) electrons. The third-order valence-electron chi connectivity index (χ3n) is 6.57. The second kappa shape index (κ2) is 9.84. The number of hydrogen-bond donors (Lipinski definition) is 1. The van der Waals surface area contributed by atoms with Crippen molar-refractivity contribution in [3.05, 3.63) is 112 Å². The van der Waals surface area contributed by atoms with Crippen molar-refractivity contribution in [2.45, 2.75) is 32.5 Å². The Morgan fingerprint density at radius 2 is 1.83 bits per heavy atom. The first-order valence-corrected chi connectivity index (χ1v) is 12.7. The Hall–Kier alpha value is -3.16. The van der Waals surface area contributed by atoms with Gasteiger partial charge >= 0.3 is 0 Å². The second-order valence-electron chi connectivity index (χ2n) is 8.74. The van der Waals surface area contributed by atoms with Crippen molar-refractivity contribution in [1.82, 2.24) is 19.8 Å². The van der Waals surface area contributed by atoms with E-state index < -0.39 is 0 Å². The summed E-state index contributed by atoms with van der Waals surface area (Å²) >= 11 is 9.51. The number of hydrogen-bond acceptors (Lipinski definition) is 3. The van der Waals surface area contributed by atoms with Crippen LogP contribution < -0.4 is 10.1 Å². The van der Waals surface area contributed by atoms with E-state index in [9.17, 15) is 0 Å². The number of ether oxygens (including phenoxy) is 1. The Morgan fingerprint density at radius 1 is 1.03 bits per heavy atom. The van der Waals surface area contributed by atoms with E-state index in [1.165, 1.54) is 22.5 Å². The normalized spacial score (nSPS) is 17.5. The number of halogens is 1. The SMILES string of the molecule is COc1ccc(CN2C(=S)N[C@H](c3ccccn3)[C@@H]2c2cc(C)n(-c3cccc(Br)c3)c2C)cc1. The average molecular weight is 548 g/mol. The van der Waals surface area contributed by atoms with Gasteiger partial charge in [0.05, 0.1) is 24.9 Å². The fraction of sp³-hybridized carbons (Fsp3) is 0.214. The summed E-state index contributed by atoms with van der Waals surface area (Å²) in [5, 5.41) is 4.30. The van der Waals surface area contributed by atoms with Crippen LogP contribution in [0.15, 0.2) is 83.5 Å². The molecule has 0 aliphatic carbocycles. The first-order chi connectivity index (χ1) is 17.0. The van der Waals surface area contributed by atoms with E-state index in [0.717, 1.165) is 26.7 Å². The maximum atomic E-state index is 5.89. The minimum Gasteiger partial charge on any atom is -0.497 e. The molecule has 0 bridgehead atoms. The number of methoxy groups -OCH3 is 1. The molecule has 178 valence electrons. The summed E-state index contributed by atoms with van der Waals surface area (Å²) in [5.74, 6) is 0.844. The zero-order chi connectivity index (χ0) is 24.5. The smallest absolute Gasteiger partial charge is 0.170 e. The van der Waals surface area contributed by atoms with Gasteiger partial charge in [-0.15, -0.1) is 0 Å². The van der Waals surface area contributed by atoms with Gasteiger partial charge in [-0.25, -0.2) is 0 Å². The van der Waals surface area contributed by atoms with Gasteiger partial charge in [-0.1, -0.05) is 40.2 Å². The van der Waals surface area contributed by atoms with Gasteiger partial charge < -0.3 is 19.5 Å². The first-order valence-electron chi connectivity index (χ1n) is 11.5. The lowest BCUT2D eigenvalue weighted by molar-refractivity contribution is 0.310. The lowest BCUT2D eigenvalue weighted by Crippen LogP contribution is -2.29. The molecule has 5 nitrogen and oxygen atoms in total. The zero-order valence-electron chi connectivity index (χ0n) is 19.9. The van der Waals surface area contributed by atoms with E-state index in [-0.39, 0.29) is 12.1 Å². The monoisotopic (exact) mass is 546 g/mol. The molecular formula is C28H27BrN4OS. The van der Waals surface area contributed by atoms with Gasteiger partial charge in [0.25, 0.3) is 0 Å². The second-order valence-corrected chi connectivity index (χ2v) is 10.0. The number of nitrogens with one attached hydrogen (secondary N) is 1. The summed E-state index contributed by atoms with van der Waals surface area (Å²) in [4.78, 5) is 6.97. The molecule has 0 unspecified atom stereocenters. The molecule has 1 saturated heterocycles. The molecule has 0 spiro atoms. The lowest BCUT2D eigenvalue weighted by atomic mass is 9.96. The molecule has 35 heavy (non-hydrogen) atoms. The van der Waals surface area contributed by atoms with Gasteiger partial charge in [-0.05, 0) is 85.7 Å². The van der Waals surface area contributed by atoms with E-state index in [1.54, 1.807) is 7.11 Å². The van der Waals surface area contributed by atoms with Crippen molar-refractivity contribution < 1.29 is 4.74 Å². The maximum absolute atomic E-state index is 5.89. The summed E-state index contributed by atoms with van der Waals surface area (Å²) in [7, 11) is 1.68. The summed E-state index contributed by atoms with van der Waals surface area (Å²) < 4.78 is 8.71. The van der Waals surface area contributed by atoms with Crippen LogP contribution in [-0.4, -0.2) is 26.7 Å². The largest absolute Gasteiger partial charge is 0.497 e. The van der Waals surface area contributed by atoms with Crippen molar-refractivity contribution in [3.63, 3.8) is 0 Å². The van der Waals surface area contributed by atoms with Gasteiger partial charge in [0.15, 0.2) is 5.11 Å². The third kappa shape index (κ3) is 4.58. The quantitative estimate of drug-likeness (QED) is 0.282. The fourth-order valence-corrected chi connectivity index (χ4v) is 5.63. The van der Waals surface area contributed by atoms with Crippen LogP contribution in [0.25, 0.3) is 5.69 Å². The van der Waals surface area contributed by atoms with Crippen LogP contribution >= 0.6 is 28.1 Å². The minimum atomic E-state index is -0.0570. The van der Waals surface area contributed by atoms with E-state index in [2.05, 4.69) is 92.0 Å². The topological polar surface area (TPSA) is 42.3 Å². The van der Waals surface area contributed by atoms with Crippen molar-refractivity contribution >= 4 is 33.3 Å². The van der Waals surface area contributed by atoms with E-state index >= 15 is 0 Å². The molecule has 1 aliphatic rings. The van der Waals surface area contributed by atoms with Crippen LogP contribution in [-0.2, 0) is 6.54 Å². The Balaban J connectivity index is 1.60. The van der Waals surface area contributed by atoms with Gasteiger partial charge in [0.1, 0.15) is 5.75 Å². The number of benzene rings is 2. The molecule has 1 aliphatic heterocycles. The molecule has 3 heterocycles. The Kier molecular flexibility index (Phi) is 6.62. The van der Waals surface area contributed by atoms with E-state index in [0.29, 0.717) is 6.54 Å². The summed E-state index contributed by atoms with van der Waals surface area (Å²) in [6.07, 6.45) is 1.84. The van der Waals surface area contributed by atoms with Crippen molar-refractivity contribution in [2.75, 3.05) is 7.11 Å². The van der Waals surface area contributed by atoms with Gasteiger partial charge in [0.2, 0.25) is 0 Å². The van der Waals surface area contributed by atoms with Crippen LogP contribution in [0, 0.1) is 13.8 Å². The van der Waals surface area contributed by atoms with Crippen LogP contribution in [0.3, 0.4) is 0 Å². The molecular weight excluding hydrogens is 520 g/mol. The predicted molar refractivity (Wildman–Crippen MR) is 147 cm³/mol. The van der Waals surface area contributed by atoms with Crippen molar-refractivity contribution in [2.24, 2.45) is 0 Å². The molecule has 2 aromatic heterocycles. The lowest BCUT2D eigenvalue weighted by Gasteiger charge is -2.28. The predicted octanol–water partition coefficient (Wildman–Crippen LogP) is 6.43. The number of aromatic nitrogens is 2. The Labute approximate surface area is 219 Å². The van der Waals surface area contributed by atoms with E-state index in [1.807, 2.05) is 36.5 Å². The maximum Gasteiger partial charge on any atom is 0.170 e. The molecule has 0 saturated carbocycles. The van der Waals surface area contributed by atoms with E-state index in [4.69, 9.17) is 17.0 Å². The van der Waals surface area contributed by atoms with Gasteiger partial charge in [0, 0.05) is 34.3 Å². The standard InChI is InChI=1S/C28H27BrN4OS/c1-18-15-24(19(2)33(18)22-8-6-7-21(29)16-22)27-26(25-9-4-5-14-30-25)31-28(35)32(27)17-20-10-12-23(34-3)13-11-20/h4-16,26-27H,17H2,1-3H3,(H,31,35)/t26-,27+/m1/s1. The third-order valence-corrected chi connectivity index (χ3v) is 7.41. The number of aryl methyl sites for hydroxylation is 1. The molecule has 5 rings (SSSR count). The molecule has 7 heteroatoms. The van der Waals surface area contributed by atoms with Crippen molar-refractivity contribution in [3.8, 4) is 11.4 Å². The highest BCUT2D eigenvalue weighted by molar-refractivity contribution is 9.10. The van der Waals surface area contributed by atoms with Crippen LogP contribution in [0.1, 0.15) is 40.3 Å². The number of nitrogens with zero attached hydrogens (tertiary/aromatic N) is 3. The van der Waals surface area contributed by atoms with Crippen LogP contribution in [0.4, 0.5) is 0 Å². The molecule has 0 amide bonds. The minimum absolute atomic E-state index is 0.00777. The number of rotatable bonds is 6. The number of thiocarbonyl (C=S) groups is 1. The van der Waals surface area contributed by atoms with Crippen molar-refractivity contribution in [1.29, 1.82) is 0 Å². The number of pyridine rings is 1. The summed E-state index contributed by atoms with van der Waals surface area (Å²) in [6, 6.07) is 24.8. The highest BCUT2D eigenvalue weighted by Gasteiger charge is 2.41. The molecule has 4 aromatic rings. The first kappa shape index (κ1) is 23.6. The molecule has 1 N–H and O–H groups in total. The van der Waals surface area contributed by atoms with Crippen LogP contribution in [0.5, 0.6) is 5.75 Å². The zero-order valence-corrected chi connectivity index (χ0v) is 22.3. The highest BCUT2D eigenvalue weighted by atomic mass is 79.9. The van der Waals surface area contributed by atoms with Crippen LogP contribution in [0.2, 0.25) is 0 Å². The molecule has 1 fully saturated rings.